The molecule has 0 atom stereocenters. The fraction of sp³-hybridized carbons (Fsp3) is 0.353. The van der Waals surface area contributed by atoms with Crippen LogP contribution >= 0.6 is 12.6 Å². The molecule has 0 saturated heterocycles. The summed E-state index contributed by atoms with van der Waals surface area (Å²) in [5.74, 6) is 0.00958. The van der Waals surface area contributed by atoms with Gasteiger partial charge in [-0.1, -0.05) is 43.5 Å². The number of benzene rings is 1. The van der Waals surface area contributed by atoms with E-state index in [-0.39, 0.29) is 5.78 Å². The van der Waals surface area contributed by atoms with Crippen molar-refractivity contribution < 1.29 is 4.79 Å². The fourth-order valence-corrected chi connectivity index (χ4v) is 3.21. The van der Waals surface area contributed by atoms with E-state index in [0.29, 0.717) is 10.9 Å². The zero-order valence-corrected chi connectivity index (χ0v) is 12.3. The van der Waals surface area contributed by atoms with Crippen molar-refractivity contribution in [2.24, 2.45) is 0 Å². The third-order valence-corrected chi connectivity index (χ3v) is 4.42. The predicted molar refractivity (Wildman–Crippen MR) is 86.4 cm³/mol. The van der Waals surface area contributed by atoms with Crippen molar-refractivity contribution in [2.45, 2.75) is 38.1 Å². The molecule has 0 radical (unpaired) electrons. The van der Waals surface area contributed by atoms with Crippen LogP contribution in [0.3, 0.4) is 0 Å². The molecular formula is C17H19NOS. The second-order valence-corrected chi connectivity index (χ2v) is 5.99. The summed E-state index contributed by atoms with van der Waals surface area (Å²) in [7, 11) is 0. The number of allylic oxidation sites excluding steroid dienone is 2. The van der Waals surface area contributed by atoms with Crippen LogP contribution in [0.25, 0.3) is 11.6 Å². The maximum absolute atomic E-state index is 12.3. The Kier molecular flexibility index (Phi) is 3.97. The number of hydrogen-bond acceptors (Lipinski definition) is 3. The second-order valence-electron chi connectivity index (χ2n) is 5.51. The largest absolute Gasteiger partial charge is 0.388 e. The van der Waals surface area contributed by atoms with Crippen LogP contribution in [0.15, 0.2) is 35.4 Å². The van der Waals surface area contributed by atoms with E-state index in [4.69, 9.17) is 0 Å². The molecule has 0 bridgehead atoms. The molecule has 1 fully saturated rings. The minimum atomic E-state index is 0.00958. The Labute approximate surface area is 125 Å². The highest BCUT2D eigenvalue weighted by Crippen LogP contribution is 2.31. The lowest BCUT2D eigenvalue weighted by molar-refractivity contribution is -0.109. The van der Waals surface area contributed by atoms with Gasteiger partial charge in [0.15, 0.2) is 0 Å². The Balaban J connectivity index is 1.87. The first-order valence-corrected chi connectivity index (χ1v) is 7.71. The number of nitrogens with one attached hydrogen (secondary N) is 1. The molecule has 20 heavy (non-hydrogen) atoms. The van der Waals surface area contributed by atoms with Gasteiger partial charge in [0.2, 0.25) is 5.78 Å². The summed E-state index contributed by atoms with van der Waals surface area (Å²) >= 11 is 4.30. The van der Waals surface area contributed by atoms with Crippen molar-refractivity contribution in [3.05, 3.63) is 46.5 Å². The predicted octanol–water partition coefficient (Wildman–Crippen LogP) is 3.80. The van der Waals surface area contributed by atoms with Crippen molar-refractivity contribution in [1.29, 1.82) is 0 Å². The van der Waals surface area contributed by atoms with Gasteiger partial charge in [-0.15, -0.1) is 12.6 Å². The van der Waals surface area contributed by atoms with Gasteiger partial charge in [0.05, 0.1) is 4.91 Å². The number of Topliss-reactive ketones (excluding diaryl/α,β-unsaturated/α-hetero) is 1. The number of carbonyl (C=O) groups is 1. The van der Waals surface area contributed by atoms with Crippen LogP contribution in [0.4, 0.5) is 0 Å². The van der Waals surface area contributed by atoms with Crippen molar-refractivity contribution in [3.8, 4) is 0 Å². The van der Waals surface area contributed by atoms with Crippen LogP contribution in [0.2, 0.25) is 0 Å². The molecule has 0 amide bonds. The summed E-state index contributed by atoms with van der Waals surface area (Å²) < 4.78 is 0. The van der Waals surface area contributed by atoms with Crippen molar-refractivity contribution >= 4 is 30.1 Å². The Hall–Kier alpha value is -1.48. The second kappa shape index (κ2) is 5.88. The van der Waals surface area contributed by atoms with Crippen molar-refractivity contribution in [3.63, 3.8) is 0 Å². The first-order chi connectivity index (χ1) is 9.75. The highest BCUT2D eigenvalue weighted by molar-refractivity contribution is 7.86. The topological polar surface area (TPSA) is 29.1 Å². The van der Waals surface area contributed by atoms with Crippen molar-refractivity contribution in [1.82, 2.24) is 5.32 Å². The van der Waals surface area contributed by atoms with E-state index in [0.717, 1.165) is 16.7 Å². The van der Waals surface area contributed by atoms with E-state index in [9.17, 15) is 4.79 Å². The van der Waals surface area contributed by atoms with E-state index in [1.807, 2.05) is 36.5 Å². The van der Waals surface area contributed by atoms with Crippen molar-refractivity contribution in [2.75, 3.05) is 0 Å². The Morgan fingerprint density at radius 2 is 1.90 bits per heavy atom. The summed E-state index contributed by atoms with van der Waals surface area (Å²) in [5, 5.41) is 3.44. The number of fused-ring (bicyclic) bond motifs is 1. The molecule has 0 heterocycles. The zero-order chi connectivity index (χ0) is 13.9. The smallest absolute Gasteiger partial charge is 0.201 e. The molecule has 0 spiro atoms. The first kappa shape index (κ1) is 13.5. The maximum Gasteiger partial charge on any atom is 0.201 e. The molecule has 1 aromatic carbocycles. The van der Waals surface area contributed by atoms with Crippen LogP contribution in [-0.2, 0) is 4.79 Å². The SMILES string of the molecule is O=C1C(S)=Cc2ccccc2/C1=C/NC1CCCCC1. The molecule has 1 N–H and O–H groups in total. The van der Waals surface area contributed by atoms with E-state index in [2.05, 4.69) is 17.9 Å². The Morgan fingerprint density at radius 3 is 2.70 bits per heavy atom. The maximum atomic E-state index is 12.3. The van der Waals surface area contributed by atoms with Crippen LogP contribution in [0.1, 0.15) is 43.2 Å². The van der Waals surface area contributed by atoms with Gasteiger partial charge < -0.3 is 5.32 Å². The van der Waals surface area contributed by atoms with Gasteiger partial charge in [0.1, 0.15) is 0 Å². The van der Waals surface area contributed by atoms with Crippen LogP contribution < -0.4 is 5.32 Å². The highest BCUT2D eigenvalue weighted by Gasteiger charge is 2.22. The summed E-state index contributed by atoms with van der Waals surface area (Å²) in [6.45, 7) is 0. The molecule has 0 unspecified atom stereocenters. The molecule has 2 nitrogen and oxygen atoms in total. The number of hydrogen-bond donors (Lipinski definition) is 2. The Bertz CT molecular complexity index is 582. The van der Waals surface area contributed by atoms with Crippen LogP contribution in [0, 0.1) is 0 Å². The van der Waals surface area contributed by atoms with E-state index in [1.54, 1.807) is 0 Å². The molecule has 0 aliphatic heterocycles. The van der Waals surface area contributed by atoms with E-state index >= 15 is 0 Å². The lowest BCUT2D eigenvalue weighted by Crippen LogP contribution is -2.27. The summed E-state index contributed by atoms with van der Waals surface area (Å²) in [5.41, 5.74) is 2.80. The van der Waals surface area contributed by atoms with Gasteiger partial charge in [-0.25, -0.2) is 0 Å². The van der Waals surface area contributed by atoms with Gasteiger partial charge in [-0.05, 0) is 30.0 Å². The first-order valence-electron chi connectivity index (χ1n) is 7.26. The third kappa shape index (κ3) is 2.68. The molecule has 2 aliphatic carbocycles. The molecule has 3 rings (SSSR count). The molecule has 3 heteroatoms. The van der Waals surface area contributed by atoms with Gasteiger partial charge in [-0.3, -0.25) is 4.79 Å². The lowest BCUT2D eigenvalue weighted by Gasteiger charge is -2.23. The molecule has 0 aromatic heterocycles. The quantitative estimate of drug-likeness (QED) is 0.639. The number of ketones is 1. The standard InChI is InChI=1S/C17H19NOS/c19-17-15(11-18-13-7-2-1-3-8-13)14-9-5-4-6-12(14)10-16(17)20/h4-6,9-11,13,18,20H,1-3,7-8H2/b15-11-. The summed E-state index contributed by atoms with van der Waals surface area (Å²) in [6.07, 6.45) is 10.0. The third-order valence-electron chi connectivity index (χ3n) is 4.09. The zero-order valence-electron chi connectivity index (χ0n) is 11.4. The molecule has 1 saturated carbocycles. The van der Waals surface area contributed by atoms with E-state index in [1.165, 1.54) is 32.1 Å². The lowest BCUT2D eigenvalue weighted by atomic mass is 9.91. The molecule has 1 aromatic rings. The van der Waals surface area contributed by atoms with E-state index < -0.39 is 0 Å². The summed E-state index contributed by atoms with van der Waals surface area (Å²) in [4.78, 5) is 12.8. The average molecular weight is 285 g/mol. The monoisotopic (exact) mass is 285 g/mol. The minimum absolute atomic E-state index is 0.00958. The number of carbonyl (C=O) groups excluding carboxylic acids is 1. The molecule has 2 aliphatic rings. The van der Waals surface area contributed by atoms with Gasteiger partial charge >= 0.3 is 0 Å². The number of rotatable bonds is 2. The number of thiol groups is 1. The normalized spacial score (nSPS) is 21.6. The Morgan fingerprint density at radius 1 is 1.15 bits per heavy atom. The average Bonchev–Trinajstić information content (AvgIpc) is 2.49. The van der Waals surface area contributed by atoms with Gasteiger partial charge in [-0.2, -0.15) is 0 Å². The highest BCUT2D eigenvalue weighted by atomic mass is 32.1. The van der Waals surface area contributed by atoms with Gasteiger partial charge in [0, 0.05) is 17.8 Å². The summed E-state index contributed by atoms with van der Waals surface area (Å²) in [6, 6.07) is 8.48. The fourth-order valence-electron chi connectivity index (χ4n) is 2.96. The van der Waals surface area contributed by atoms with Crippen LogP contribution in [-0.4, -0.2) is 11.8 Å². The minimum Gasteiger partial charge on any atom is -0.388 e. The van der Waals surface area contributed by atoms with Crippen LogP contribution in [0.5, 0.6) is 0 Å². The molecule has 104 valence electrons. The van der Waals surface area contributed by atoms with Gasteiger partial charge in [0.25, 0.3) is 0 Å². The molecular weight excluding hydrogens is 266 g/mol.